The largest absolute Gasteiger partial charge is 0.359 e. The van der Waals surface area contributed by atoms with Crippen molar-refractivity contribution in [3.8, 4) is 0 Å². The summed E-state index contributed by atoms with van der Waals surface area (Å²) < 4.78 is 5.00. The van der Waals surface area contributed by atoms with Crippen LogP contribution in [0.25, 0.3) is 0 Å². The van der Waals surface area contributed by atoms with Gasteiger partial charge < -0.3 is 15.2 Å². The van der Waals surface area contributed by atoms with Crippen LogP contribution < -0.4 is 10.6 Å². The molecule has 0 bridgehead atoms. The molecule has 1 unspecified atom stereocenters. The Balaban J connectivity index is 1.80. The first-order chi connectivity index (χ1) is 7.25. The number of rotatable bonds is 3. The van der Waals surface area contributed by atoms with Crippen LogP contribution in [-0.4, -0.2) is 24.2 Å². The minimum absolute atomic E-state index is 0.0917. The molecule has 0 radical (unpaired) electrons. The Morgan fingerprint density at radius 3 is 3.27 bits per heavy atom. The number of carbonyl (C=O) groups excluding carboxylic acids is 1. The van der Waals surface area contributed by atoms with Crippen molar-refractivity contribution < 1.29 is 9.32 Å². The van der Waals surface area contributed by atoms with Crippen LogP contribution in [0.5, 0.6) is 0 Å². The fraction of sp³-hybridized carbons (Fsp3) is 0.600. The summed E-state index contributed by atoms with van der Waals surface area (Å²) in [7, 11) is 0. The molecular weight excluding hydrogens is 194 g/mol. The molecule has 1 aliphatic heterocycles. The average molecular weight is 209 g/mol. The van der Waals surface area contributed by atoms with Crippen molar-refractivity contribution in [1.29, 1.82) is 0 Å². The molecule has 1 aromatic heterocycles. The van der Waals surface area contributed by atoms with E-state index in [9.17, 15) is 4.79 Å². The zero-order valence-corrected chi connectivity index (χ0v) is 8.75. The Morgan fingerprint density at radius 2 is 2.67 bits per heavy atom. The predicted octanol–water partition coefficient (Wildman–Crippen LogP) is 0.209. The van der Waals surface area contributed by atoms with Gasteiger partial charge in [0.25, 0.3) is 0 Å². The quantitative estimate of drug-likeness (QED) is 0.746. The van der Waals surface area contributed by atoms with Gasteiger partial charge in [0.15, 0.2) is 5.76 Å². The highest BCUT2D eigenvalue weighted by atomic mass is 16.5. The van der Waals surface area contributed by atoms with Gasteiger partial charge in [-0.3, -0.25) is 4.79 Å². The van der Waals surface area contributed by atoms with E-state index < -0.39 is 0 Å². The zero-order valence-electron chi connectivity index (χ0n) is 8.75. The van der Waals surface area contributed by atoms with Gasteiger partial charge in [0, 0.05) is 12.6 Å². The summed E-state index contributed by atoms with van der Waals surface area (Å²) >= 11 is 0. The summed E-state index contributed by atoms with van der Waals surface area (Å²) in [5, 5.41) is 9.75. The maximum Gasteiger partial charge on any atom is 0.224 e. The Bertz CT molecular complexity index is 342. The number of hydrogen-bond donors (Lipinski definition) is 2. The van der Waals surface area contributed by atoms with E-state index in [1.54, 1.807) is 0 Å². The fourth-order valence-corrected chi connectivity index (χ4v) is 1.70. The van der Waals surface area contributed by atoms with E-state index in [1.807, 2.05) is 13.0 Å². The van der Waals surface area contributed by atoms with E-state index in [4.69, 9.17) is 4.52 Å². The average Bonchev–Trinajstić information content (AvgIpc) is 2.84. The van der Waals surface area contributed by atoms with E-state index in [0.717, 1.165) is 25.2 Å². The monoisotopic (exact) mass is 209 g/mol. The molecule has 2 heterocycles. The Morgan fingerprint density at radius 1 is 1.80 bits per heavy atom. The molecule has 1 aromatic rings. The Hall–Kier alpha value is -1.36. The molecule has 1 fully saturated rings. The molecule has 2 rings (SSSR count). The van der Waals surface area contributed by atoms with Gasteiger partial charge in [0.2, 0.25) is 5.91 Å². The maximum atomic E-state index is 11.6. The van der Waals surface area contributed by atoms with Crippen molar-refractivity contribution in [2.45, 2.75) is 19.9 Å². The molecule has 5 nitrogen and oxygen atoms in total. The lowest BCUT2D eigenvalue weighted by Gasteiger charge is -2.07. The number of nitrogens with zero attached hydrogens (tertiary/aromatic N) is 1. The molecule has 1 saturated heterocycles. The summed E-state index contributed by atoms with van der Waals surface area (Å²) in [4.78, 5) is 11.6. The van der Waals surface area contributed by atoms with Crippen molar-refractivity contribution in [3.63, 3.8) is 0 Å². The summed E-state index contributed by atoms with van der Waals surface area (Å²) in [5.74, 6) is 0.898. The standard InChI is InChI=1S/C10H15N3O2/c1-7-4-9(15-13-7)6-12-10(14)8-2-3-11-5-8/h4,8,11H,2-3,5-6H2,1H3,(H,12,14). The molecule has 82 valence electrons. The summed E-state index contributed by atoms with van der Waals surface area (Å²) in [6.07, 6.45) is 0.918. The number of nitrogens with one attached hydrogen (secondary N) is 2. The van der Waals surface area contributed by atoms with Gasteiger partial charge >= 0.3 is 0 Å². The van der Waals surface area contributed by atoms with Crippen LogP contribution in [0, 0.1) is 12.8 Å². The number of amides is 1. The van der Waals surface area contributed by atoms with Gasteiger partial charge in [-0.05, 0) is 19.9 Å². The van der Waals surface area contributed by atoms with Gasteiger partial charge in [-0.15, -0.1) is 0 Å². The molecule has 15 heavy (non-hydrogen) atoms. The third-order valence-electron chi connectivity index (χ3n) is 2.54. The van der Waals surface area contributed by atoms with Crippen LogP contribution in [-0.2, 0) is 11.3 Å². The van der Waals surface area contributed by atoms with Crippen molar-refractivity contribution in [3.05, 3.63) is 17.5 Å². The maximum absolute atomic E-state index is 11.6. The molecule has 5 heteroatoms. The topological polar surface area (TPSA) is 67.2 Å². The van der Waals surface area contributed by atoms with Crippen LogP contribution in [0.15, 0.2) is 10.6 Å². The molecule has 2 N–H and O–H groups in total. The van der Waals surface area contributed by atoms with Crippen molar-refractivity contribution in [1.82, 2.24) is 15.8 Å². The predicted molar refractivity (Wildman–Crippen MR) is 54.1 cm³/mol. The first-order valence-corrected chi connectivity index (χ1v) is 5.16. The number of carbonyl (C=O) groups is 1. The summed E-state index contributed by atoms with van der Waals surface area (Å²) in [5.41, 5.74) is 0.835. The van der Waals surface area contributed by atoms with Crippen LogP contribution >= 0.6 is 0 Å². The second-order valence-electron chi connectivity index (χ2n) is 3.84. The lowest BCUT2D eigenvalue weighted by molar-refractivity contribution is -0.124. The van der Waals surface area contributed by atoms with Crippen molar-refractivity contribution >= 4 is 5.91 Å². The highest BCUT2D eigenvalue weighted by Gasteiger charge is 2.22. The van der Waals surface area contributed by atoms with E-state index in [-0.39, 0.29) is 11.8 Å². The van der Waals surface area contributed by atoms with E-state index in [1.165, 1.54) is 0 Å². The molecule has 1 aliphatic rings. The normalized spacial score (nSPS) is 20.5. The zero-order chi connectivity index (χ0) is 10.7. The SMILES string of the molecule is Cc1cc(CNC(=O)C2CCNC2)on1. The highest BCUT2D eigenvalue weighted by molar-refractivity contribution is 5.79. The van der Waals surface area contributed by atoms with Crippen LogP contribution in [0.3, 0.4) is 0 Å². The Kier molecular flexibility index (Phi) is 3.01. The molecule has 0 aliphatic carbocycles. The van der Waals surface area contributed by atoms with Gasteiger partial charge in [0.1, 0.15) is 0 Å². The van der Waals surface area contributed by atoms with Crippen LogP contribution in [0.1, 0.15) is 17.9 Å². The van der Waals surface area contributed by atoms with E-state index >= 15 is 0 Å². The molecule has 1 atom stereocenters. The smallest absolute Gasteiger partial charge is 0.224 e. The van der Waals surface area contributed by atoms with Gasteiger partial charge in [-0.2, -0.15) is 0 Å². The second kappa shape index (κ2) is 4.44. The molecule has 0 aromatic carbocycles. The van der Waals surface area contributed by atoms with Gasteiger partial charge in [-0.1, -0.05) is 5.16 Å². The van der Waals surface area contributed by atoms with Gasteiger partial charge in [-0.25, -0.2) is 0 Å². The van der Waals surface area contributed by atoms with Gasteiger partial charge in [0.05, 0.1) is 18.2 Å². The first kappa shape index (κ1) is 10.2. The molecule has 0 spiro atoms. The minimum Gasteiger partial charge on any atom is -0.359 e. The number of aromatic nitrogens is 1. The van der Waals surface area contributed by atoms with E-state index in [2.05, 4.69) is 15.8 Å². The second-order valence-corrected chi connectivity index (χ2v) is 3.84. The molecular formula is C10H15N3O2. The third-order valence-corrected chi connectivity index (χ3v) is 2.54. The van der Waals surface area contributed by atoms with E-state index in [0.29, 0.717) is 12.3 Å². The fourth-order valence-electron chi connectivity index (χ4n) is 1.70. The minimum atomic E-state index is 0.0917. The number of hydrogen-bond acceptors (Lipinski definition) is 4. The van der Waals surface area contributed by atoms with Crippen molar-refractivity contribution in [2.24, 2.45) is 5.92 Å². The van der Waals surface area contributed by atoms with Crippen LogP contribution in [0.2, 0.25) is 0 Å². The van der Waals surface area contributed by atoms with Crippen molar-refractivity contribution in [2.75, 3.05) is 13.1 Å². The summed E-state index contributed by atoms with van der Waals surface area (Å²) in [6, 6.07) is 1.83. The lowest BCUT2D eigenvalue weighted by Crippen LogP contribution is -2.31. The lowest BCUT2D eigenvalue weighted by atomic mass is 10.1. The Labute approximate surface area is 88.2 Å². The van der Waals surface area contributed by atoms with Crippen LogP contribution in [0.4, 0.5) is 0 Å². The number of aryl methyl sites for hydroxylation is 1. The summed E-state index contributed by atoms with van der Waals surface area (Å²) in [6.45, 7) is 3.99. The first-order valence-electron chi connectivity index (χ1n) is 5.16. The molecule has 1 amide bonds. The molecule has 0 saturated carbocycles. The third kappa shape index (κ3) is 2.56. The highest BCUT2D eigenvalue weighted by Crippen LogP contribution is 2.08.